The zero-order valence-electron chi connectivity index (χ0n) is 7.23. The summed E-state index contributed by atoms with van der Waals surface area (Å²) >= 11 is 0. The smallest absolute Gasteiger partial charge is 0.197 e. The number of ether oxygens (including phenoxy) is 1. The molecule has 0 spiro atoms. The Morgan fingerprint density at radius 3 is 1.53 bits per heavy atom. The molecule has 2 aliphatic heterocycles. The Morgan fingerprint density at radius 1 is 0.733 bits per heavy atom. The van der Waals surface area contributed by atoms with Crippen molar-refractivity contribution in [2.45, 2.75) is 12.2 Å². The van der Waals surface area contributed by atoms with Crippen molar-refractivity contribution in [2.75, 3.05) is 0 Å². The lowest BCUT2D eigenvalue weighted by atomic mass is 9.95. The van der Waals surface area contributed by atoms with E-state index in [1.165, 1.54) is 12.2 Å². The second-order valence-corrected chi connectivity index (χ2v) is 3.45. The van der Waals surface area contributed by atoms with Gasteiger partial charge >= 0.3 is 0 Å². The summed E-state index contributed by atoms with van der Waals surface area (Å²) in [6.45, 7) is 0. The molecule has 2 unspecified atom stereocenters. The second-order valence-electron chi connectivity index (χ2n) is 3.45. The Balaban J connectivity index is 2.38. The average molecular weight is 216 g/mol. The van der Waals surface area contributed by atoms with Crippen molar-refractivity contribution in [3.63, 3.8) is 0 Å². The third-order valence-electron chi connectivity index (χ3n) is 2.66. The van der Waals surface area contributed by atoms with E-state index in [4.69, 9.17) is 4.74 Å². The third-order valence-corrected chi connectivity index (χ3v) is 2.66. The zero-order chi connectivity index (χ0) is 10.7. The summed E-state index contributed by atoms with van der Waals surface area (Å²) in [5, 5.41) is 0. The van der Waals surface area contributed by atoms with E-state index < -0.39 is 35.5 Å². The van der Waals surface area contributed by atoms with Crippen LogP contribution < -0.4 is 0 Å². The van der Waals surface area contributed by atoms with E-state index in [0.29, 0.717) is 0 Å². The molecule has 0 N–H and O–H groups in total. The maximum absolute atomic E-state index is 13.3. The molecule has 5 heteroatoms. The summed E-state index contributed by atoms with van der Waals surface area (Å²) in [5.41, 5.74) is -0.446. The van der Waals surface area contributed by atoms with E-state index in [1.54, 1.807) is 0 Å². The number of benzene rings is 1. The van der Waals surface area contributed by atoms with E-state index in [-0.39, 0.29) is 11.1 Å². The van der Waals surface area contributed by atoms with E-state index >= 15 is 0 Å². The number of halogens is 4. The van der Waals surface area contributed by atoms with E-state index in [9.17, 15) is 17.6 Å². The van der Waals surface area contributed by atoms with Crippen molar-refractivity contribution in [3.8, 4) is 0 Å². The molecule has 3 rings (SSSR count). The molecule has 1 nitrogen and oxygen atoms in total. The number of hydrogen-bond acceptors (Lipinski definition) is 1. The molecule has 2 atom stereocenters. The molecule has 0 aromatic heterocycles. The SMILES string of the molecule is Fc1c(F)c(F)c2c(c1F)C1C=CC2O1. The normalized spacial score (nSPS) is 26.1. The molecular formula is C10H4F4O. The standard InChI is InChI=1S/C10H4F4O/c11-7-5-3-1-2-4(15-3)6(5)8(12)10(14)9(7)13/h1-4H. The first kappa shape index (κ1) is 8.91. The van der Waals surface area contributed by atoms with Gasteiger partial charge in [-0.3, -0.25) is 0 Å². The Hall–Kier alpha value is -1.36. The van der Waals surface area contributed by atoms with Crippen LogP contribution in [0.2, 0.25) is 0 Å². The van der Waals surface area contributed by atoms with Crippen molar-refractivity contribution in [2.24, 2.45) is 0 Å². The molecule has 0 saturated carbocycles. The number of hydrogen-bond donors (Lipinski definition) is 0. The van der Waals surface area contributed by atoms with Crippen LogP contribution in [0.5, 0.6) is 0 Å². The molecule has 0 radical (unpaired) electrons. The van der Waals surface area contributed by atoms with Crippen LogP contribution in [0.25, 0.3) is 0 Å². The molecule has 0 saturated heterocycles. The number of fused-ring (bicyclic) bond motifs is 5. The zero-order valence-corrected chi connectivity index (χ0v) is 7.23. The number of rotatable bonds is 0. The van der Waals surface area contributed by atoms with Crippen molar-refractivity contribution >= 4 is 0 Å². The Morgan fingerprint density at radius 2 is 1.13 bits per heavy atom. The van der Waals surface area contributed by atoms with Crippen molar-refractivity contribution in [3.05, 3.63) is 46.5 Å². The van der Waals surface area contributed by atoms with Gasteiger partial charge in [0.15, 0.2) is 23.3 Å². The highest BCUT2D eigenvalue weighted by Gasteiger charge is 2.41. The molecule has 15 heavy (non-hydrogen) atoms. The fraction of sp³-hybridized carbons (Fsp3) is 0.200. The van der Waals surface area contributed by atoms with E-state index in [1.807, 2.05) is 0 Å². The van der Waals surface area contributed by atoms with E-state index in [2.05, 4.69) is 0 Å². The van der Waals surface area contributed by atoms with Gasteiger partial charge in [0.1, 0.15) is 12.2 Å². The Kier molecular flexibility index (Phi) is 1.55. The summed E-state index contributed by atoms with van der Waals surface area (Å²) in [7, 11) is 0. The minimum atomic E-state index is -1.78. The van der Waals surface area contributed by atoms with Gasteiger partial charge in [0.25, 0.3) is 0 Å². The molecule has 2 heterocycles. The van der Waals surface area contributed by atoms with Gasteiger partial charge in [-0.1, -0.05) is 12.2 Å². The monoisotopic (exact) mass is 216 g/mol. The van der Waals surface area contributed by atoms with Crippen LogP contribution in [-0.2, 0) is 4.74 Å². The Bertz CT molecular complexity index is 452. The van der Waals surface area contributed by atoms with Gasteiger partial charge in [-0.25, -0.2) is 17.6 Å². The first-order valence-corrected chi connectivity index (χ1v) is 4.30. The van der Waals surface area contributed by atoms with Gasteiger partial charge in [-0.15, -0.1) is 0 Å². The summed E-state index contributed by atoms with van der Waals surface area (Å²) < 4.78 is 57.5. The molecule has 78 valence electrons. The van der Waals surface area contributed by atoms with Crippen molar-refractivity contribution < 1.29 is 22.3 Å². The molecular weight excluding hydrogens is 212 g/mol. The largest absolute Gasteiger partial charge is 0.357 e. The average Bonchev–Trinajstić information content (AvgIpc) is 2.82. The van der Waals surface area contributed by atoms with Crippen LogP contribution in [0, 0.1) is 23.3 Å². The van der Waals surface area contributed by atoms with Gasteiger partial charge in [0.05, 0.1) is 0 Å². The quantitative estimate of drug-likeness (QED) is 0.280. The highest BCUT2D eigenvalue weighted by molar-refractivity contribution is 5.45. The predicted octanol–water partition coefficient (Wildman–Crippen LogP) is 2.93. The topological polar surface area (TPSA) is 9.23 Å². The molecule has 2 aliphatic rings. The van der Waals surface area contributed by atoms with Gasteiger partial charge in [0.2, 0.25) is 0 Å². The van der Waals surface area contributed by atoms with Crippen LogP contribution in [-0.4, -0.2) is 0 Å². The van der Waals surface area contributed by atoms with Crippen molar-refractivity contribution in [1.82, 2.24) is 0 Å². The van der Waals surface area contributed by atoms with Gasteiger partial charge in [-0.2, -0.15) is 0 Å². The lowest BCUT2D eigenvalue weighted by Crippen LogP contribution is -2.07. The minimum absolute atomic E-state index is 0.223. The van der Waals surface area contributed by atoms with Crippen LogP contribution in [0.1, 0.15) is 23.3 Å². The fourth-order valence-corrected chi connectivity index (χ4v) is 2.00. The summed E-state index contributed by atoms with van der Waals surface area (Å²) in [4.78, 5) is 0. The molecule has 0 fully saturated rings. The van der Waals surface area contributed by atoms with Gasteiger partial charge < -0.3 is 4.74 Å². The summed E-state index contributed by atoms with van der Waals surface area (Å²) in [6.07, 6.45) is 1.39. The molecule has 0 amide bonds. The third kappa shape index (κ3) is 0.911. The molecule has 1 aromatic rings. The minimum Gasteiger partial charge on any atom is -0.357 e. The Labute approximate surface area is 82.0 Å². The summed E-state index contributed by atoms with van der Waals surface area (Å²) in [6, 6.07) is 0. The second kappa shape index (κ2) is 2.61. The van der Waals surface area contributed by atoms with Gasteiger partial charge in [-0.05, 0) is 0 Å². The maximum atomic E-state index is 13.3. The van der Waals surface area contributed by atoms with Crippen LogP contribution in [0.3, 0.4) is 0 Å². The lowest BCUT2D eigenvalue weighted by molar-refractivity contribution is 0.0854. The predicted molar refractivity (Wildman–Crippen MR) is 42.0 cm³/mol. The summed E-state index contributed by atoms with van der Waals surface area (Å²) in [5.74, 6) is -6.28. The highest BCUT2D eigenvalue weighted by atomic mass is 19.2. The fourth-order valence-electron chi connectivity index (χ4n) is 2.00. The molecule has 2 bridgehead atoms. The molecule has 0 aliphatic carbocycles. The highest BCUT2D eigenvalue weighted by Crippen LogP contribution is 2.48. The first-order valence-electron chi connectivity index (χ1n) is 4.30. The lowest BCUT2D eigenvalue weighted by Gasteiger charge is -2.10. The van der Waals surface area contributed by atoms with Crippen molar-refractivity contribution in [1.29, 1.82) is 0 Å². The first-order chi connectivity index (χ1) is 7.11. The van der Waals surface area contributed by atoms with Crippen LogP contribution >= 0.6 is 0 Å². The van der Waals surface area contributed by atoms with E-state index in [0.717, 1.165) is 0 Å². The van der Waals surface area contributed by atoms with Gasteiger partial charge in [0, 0.05) is 11.1 Å². The van der Waals surface area contributed by atoms with Crippen LogP contribution in [0.15, 0.2) is 12.2 Å². The van der Waals surface area contributed by atoms with Crippen LogP contribution in [0.4, 0.5) is 17.6 Å². The maximum Gasteiger partial charge on any atom is 0.197 e. The molecule has 1 aromatic carbocycles.